The van der Waals surface area contributed by atoms with Crippen LogP contribution in [0.5, 0.6) is 0 Å². The van der Waals surface area contributed by atoms with Crippen LogP contribution in [0.3, 0.4) is 0 Å². The summed E-state index contributed by atoms with van der Waals surface area (Å²) < 4.78 is 4.66. The van der Waals surface area contributed by atoms with Gasteiger partial charge in [-0.3, -0.25) is 4.79 Å². The average molecular weight is 337 g/mol. The second kappa shape index (κ2) is 9.42. The molecule has 2 aromatic rings. The summed E-state index contributed by atoms with van der Waals surface area (Å²) in [5.74, 6) is -0.516. The van der Waals surface area contributed by atoms with Crippen molar-refractivity contribution in [3.8, 4) is 0 Å². The molecule has 2 aromatic carbocycles. The molecule has 0 radical (unpaired) electrons. The van der Waals surface area contributed by atoms with E-state index in [0.717, 1.165) is 24.0 Å². The minimum atomic E-state index is -0.376. The van der Waals surface area contributed by atoms with Gasteiger partial charge in [0.2, 0.25) is 5.91 Å². The number of nitrogens with one attached hydrogen (secondary N) is 1. The van der Waals surface area contributed by atoms with Gasteiger partial charge in [-0.2, -0.15) is 0 Å². The van der Waals surface area contributed by atoms with Crippen molar-refractivity contribution in [2.45, 2.75) is 25.8 Å². The van der Waals surface area contributed by atoms with Gasteiger partial charge in [-0.25, -0.2) is 4.79 Å². The van der Waals surface area contributed by atoms with Gasteiger partial charge < -0.3 is 10.1 Å². The summed E-state index contributed by atoms with van der Waals surface area (Å²) in [4.78, 5) is 23.6. The van der Waals surface area contributed by atoms with Crippen LogP contribution in [0, 0.1) is 0 Å². The average Bonchev–Trinajstić information content (AvgIpc) is 2.66. The van der Waals surface area contributed by atoms with Crippen molar-refractivity contribution in [1.82, 2.24) is 5.32 Å². The molecule has 0 aliphatic carbocycles. The van der Waals surface area contributed by atoms with Crippen molar-refractivity contribution in [3.05, 3.63) is 77.4 Å². The minimum Gasteiger partial charge on any atom is -0.465 e. The molecular weight excluding hydrogens is 314 g/mol. The third-order valence-electron chi connectivity index (χ3n) is 3.85. The molecule has 25 heavy (non-hydrogen) atoms. The van der Waals surface area contributed by atoms with Crippen molar-refractivity contribution in [3.63, 3.8) is 0 Å². The molecule has 0 fully saturated rings. The smallest absolute Gasteiger partial charge is 0.337 e. The van der Waals surface area contributed by atoms with E-state index in [1.54, 1.807) is 30.3 Å². The Labute approximate surface area is 148 Å². The number of amides is 1. The Kier molecular flexibility index (Phi) is 6.96. The molecule has 4 heteroatoms. The predicted molar refractivity (Wildman–Crippen MR) is 99.0 cm³/mol. The maximum Gasteiger partial charge on any atom is 0.337 e. The standard InChI is InChI=1S/C21H23NO3/c1-3-7-19(17-8-5-4-6-9-17)22-20(23)15-12-16-10-13-18(14-11-16)21(24)25-2/h4-6,8-15,19H,3,7H2,1-2H3,(H,22,23)/b15-12+/t19-/m0/s1. The zero-order valence-electron chi connectivity index (χ0n) is 14.6. The van der Waals surface area contributed by atoms with Crippen LogP contribution in [0.15, 0.2) is 60.7 Å². The Bertz CT molecular complexity index is 721. The lowest BCUT2D eigenvalue weighted by molar-refractivity contribution is -0.117. The van der Waals surface area contributed by atoms with Gasteiger partial charge in [0, 0.05) is 6.08 Å². The molecule has 0 aromatic heterocycles. The molecule has 2 rings (SSSR count). The Morgan fingerprint density at radius 3 is 2.36 bits per heavy atom. The van der Waals surface area contributed by atoms with Crippen LogP contribution in [0.2, 0.25) is 0 Å². The SMILES string of the molecule is CCC[C@H](NC(=O)/C=C/c1ccc(C(=O)OC)cc1)c1ccccc1. The van der Waals surface area contributed by atoms with Crippen LogP contribution in [-0.2, 0) is 9.53 Å². The second-order valence-electron chi connectivity index (χ2n) is 5.71. The molecule has 0 unspecified atom stereocenters. The van der Waals surface area contributed by atoms with Gasteiger partial charge in [0.1, 0.15) is 0 Å². The van der Waals surface area contributed by atoms with Gasteiger partial charge >= 0.3 is 5.97 Å². The number of rotatable bonds is 7. The summed E-state index contributed by atoms with van der Waals surface area (Å²) in [5.41, 5.74) is 2.43. The van der Waals surface area contributed by atoms with Gasteiger partial charge in [-0.05, 0) is 35.8 Å². The van der Waals surface area contributed by atoms with Crippen LogP contribution in [0.4, 0.5) is 0 Å². The summed E-state index contributed by atoms with van der Waals surface area (Å²) >= 11 is 0. The van der Waals surface area contributed by atoms with Crippen molar-refractivity contribution in [1.29, 1.82) is 0 Å². The zero-order valence-corrected chi connectivity index (χ0v) is 14.6. The lowest BCUT2D eigenvalue weighted by atomic mass is 10.0. The summed E-state index contributed by atoms with van der Waals surface area (Å²) in [6, 6.07) is 16.9. The maximum atomic E-state index is 12.2. The molecule has 4 nitrogen and oxygen atoms in total. The number of methoxy groups -OCH3 is 1. The van der Waals surface area contributed by atoms with Crippen LogP contribution in [0.1, 0.15) is 47.3 Å². The molecule has 1 N–H and O–H groups in total. The molecule has 0 bridgehead atoms. The van der Waals surface area contributed by atoms with Gasteiger partial charge in [-0.1, -0.05) is 55.8 Å². The monoisotopic (exact) mass is 337 g/mol. The summed E-state index contributed by atoms with van der Waals surface area (Å²) in [6.45, 7) is 2.10. The Hall–Kier alpha value is -2.88. The van der Waals surface area contributed by atoms with Gasteiger partial charge in [0.15, 0.2) is 0 Å². The number of esters is 1. The molecule has 0 heterocycles. The van der Waals surface area contributed by atoms with E-state index in [9.17, 15) is 9.59 Å². The van der Waals surface area contributed by atoms with E-state index in [2.05, 4.69) is 17.0 Å². The predicted octanol–water partition coefficient (Wildman–Crippen LogP) is 4.14. The topological polar surface area (TPSA) is 55.4 Å². The van der Waals surface area contributed by atoms with E-state index in [0.29, 0.717) is 5.56 Å². The number of carbonyl (C=O) groups is 2. The fraction of sp³-hybridized carbons (Fsp3) is 0.238. The van der Waals surface area contributed by atoms with Gasteiger partial charge in [-0.15, -0.1) is 0 Å². The highest BCUT2D eigenvalue weighted by molar-refractivity contribution is 5.92. The first kappa shape index (κ1) is 18.5. The van der Waals surface area contributed by atoms with Crippen molar-refractivity contribution >= 4 is 18.0 Å². The third kappa shape index (κ3) is 5.60. The lowest BCUT2D eigenvalue weighted by Crippen LogP contribution is -2.26. The Morgan fingerprint density at radius 2 is 1.76 bits per heavy atom. The van der Waals surface area contributed by atoms with Gasteiger partial charge in [0.25, 0.3) is 0 Å². The Morgan fingerprint density at radius 1 is 1.08 bits per heavy atom. The molecule has 130 valence electrons. The lowest BCUT2D eigenvalue weighted by Gasteiger charge is -2.17. The first-order valence-electron chi connectivity index (χ1n) is 8.36. The summed E-state index contributed by atoms with van der Waals surface area (Å²) in [5, 5.41) is 3.04. The fourth-order valence-electron chi connectivity index (χ4n) is 2.54. The van der Waals surface area contributed by atoms with Crippen molar-refractivity contribution in [2.24, 2.45) is 0 Å². The molecular formula is C21H23NO3. The highest BCUT2D eigenvalue weighted by Crippen LogP contribution is 2.18. The molecule has 0 aliphatic heterocycles. The fourth-order valence-corrected chi connectivity index (χ4v) is 2.54. The van der Waals surface area contributed by atoms with E-state index in [1.807, 2.05) is 30.3 Å². The number of hydrogen-bond donors (Lipinski definition) is 1. The molecule has 0 saturated carbocycles. The van der Waals surface area contributed by atoms with Gasteiger partial charge in [0.05, 0.1) is 18.7 Å². The van der Waals surface area contributed by atoms with Crippen LogP contribution in [0.25, 0.3) is 6.08 Å². The molecule has 0 saturated heterocycles. The van der Waals surface area contributed by atoms with E-state index in [-0.39, 0.29) is 17.9 Å². The van der Waals surface area contributed by atoms with Crippen molar-refractivity contribution < 1.29 is 14.3 Å². The third-order valence-corrected chi connectivity index (χ3v) is 3.85. The quantitative estimate of drug-likeness (QED) is 0.610. The largest absolute Gasteiger partial charge is 0.465 e. The molecule has 1 amide bonds. The number of hydrogen-bond acceptors (Lipinski definition) is 3. The number of ether oxygens (including phenoxy) is 1. The summed E-state index contributed by atoms with van der Waals surface area (Å²) in [6.07, 6.45) is 5.11. The molecule has 0 aliphatic rings. The van der Waals surface area contributed by atoms with E-state index >= 15 is 0 Å². The maximum absolute atomic E-state index is 12.2. The van der Waals surface area contributed by atoms with E-state index < -0.39 is 0 Å². The van der Waals surface area contributed by atoms with Crippen LogP contribution >= 0.6 is 0 Å². The van der Waals surface area contributed by atoms with E-state index in [4.69, 9.17) is 0 Å². The van der Waals surface area contributed by atoms with Crippen LogP contribution < -0.4 is 5.32 Å². The molecule has 1 atom stereocenters. The highest BCUT2D eigenvalue weighted by atomic mass is 16.5. The number of carbonyl (C=O) groups excluding carboxylic acids is 2. The number of benzene rings is 2. The second-order valence-corrected chi connectivity index (χ2v) is 5.71. The van der Waals surface area contributed by atoms with Crippen molar-refractivity contribution in [2.75, 3.05) is 7.11 Å². The first-order chi connectivity index (χ1) is 12.1. The summed E-state index contributed by atoms with van der Waals surface area (Å²) in [7, 11) is 1.35. The van der Waals surface area contributed by atoms with Crippen LogP contribution in [-0.4, -0.2) is 19.0 Å². The Balaban J connectivity index is 2.00. The first-order valence-corrected chi connectivity index (χ1v) is 8.36. The minimum absolute atomic E-state index is 0.00468. The highest BCUT2D eigenvalue weighted by Gasteiger charge is 2.11. The van der Waals surface area contributed by atoms with E-state index in [1.165, 1.54) is 13.2 Å². The zero-order chi connectivity index (χ0) is 18.1. The molecule has 0 spiro atoms. The normalized spacial score (nSPS) is 11.9.